The van der Waals surface area contributed by atoms with Crippen molar-refractivity contribution < 1.29 is 9.52 Å². The van der Waals surface area contributed by atoms with Crippen molar-refractivity contribution in [2.75, 3.05) is 26.2 Å². The molecule has 3 aromatic rings. The van der Waals surface area contributed by atoms with E-state index in [9.17, 15) is 5.11 Å². The van der Waals surface area contributed by atoms with Crippen LogP contribution in [0.1, 0.15) is 37.7 Å². The molecule has 5 rings (SSSR count). The Morgan fingerprint density at radius 1 is 0.897 bits per heavy atom. The zero-order valence-corrected chi connectivity index (χ0v) is 17.0. The maximum absolute atomic E-state index is 10.7. The summed E-state index contributed by atoms with van der Waals surface area (Å²) in [5.74, 6) is 0.370. The Kier molecular flexibility index (Phi) is 5.30. The smallest absolute Gasteiger partial charge is 0.135 e. The Hall–Kier alpha value is -2.30. The number of phenolic OH excluding ortho intramolecular Hbond substituents is 1. The molecule has 0 saturated carbocycles. The monoisotopic (exact) mass is 390 g/mol. The van der Waals surface area contributed by atoms with Gasteiger partial charge >= 0.3 is 0 Å². The van der Waals surface area contributed by atoms with Crippen molar-refractivity contribution >= 4 is 11.0 Å². The fourth-order valence-electron chi connectivity index (χ4n) is 5.13. The summed E-state index contributed by atoms with van der Waals surface area (Å²) in [6.07, 6.45) is 8.40. The van der Waals surface area contributed by atoms with Crippen LogP contribution in [0.4, 0.5) is 0 Å². The van der Waals surface area contributed by atoms with Gasteiger partial charge in [-0.1, -0.05) is 36.8 Å². The van der Waals surface area contributed by atoms with Crippen LogP contribution in [0.5, 0.6) is 5.75 Å². The number of nitrogens with zero attached hydrogens (tertiary/aromatic N) is 2. The molecule has 2 fully saturated rings. The van der Waals surface area contributed by atoms with Gasteiger partial charge in [0.2, 0.25) is 0 Å². The predicted molar refractivity (Wildman–Crippen MR) is 117 cm³/mol. The summed E-state index contributed by atoms with van der Waals surface area (Å²) in [7, 11) is 0. The largest absolute Gasteiger partial charge is 0.508 e. The van der Waals surface area contributed by atoms with E-state index in [1.54, 1.807) is 6.07 Å². The molecule has 2 aliphatic heterocycles. The van der Waals surface area contributed by atoms with Crippen molar-refractivity contribution in [2.45, 2.75) is 44.7 Å². The van der Waals surface area contributed by atoms with E-state index in [1.807, 2.05) is 30.5 Å². The van der Waals surface area contributed by atoms with E-state index in [2.05, 4.69) is 21.9 Å². The maximum atomic E-state index is 10.7. The lowest BCUT2D eigenvalue weighted by molar-refractivity contribution is 0.0895. The number of phenols is 1. The fraction of sp³-hybridized carbons (Fsp3) is 0.440. The Morgan fingerprint density at radius 3 is 2.41 bits per heavy atom. The summed E-state index contributed by atoms with van der Waals surface area (Å²) in [6.45, 7) is 5.51. The Morgan fingerprint density at radius 2 is 1.66 bits per heavy atom. The molecule has 0 aliphatic carbocycles. The fourth-order valence-corrected chi connectivity index (χ4v) is 5.13. The van der Waals surface area contributed by atoms with Crippen LogP contribution in [0.25, 0.3) is 22.1 Å². The highest BCUT2D eigenvalue weighted by Crippen LogP contribution is 2.38. The molecule has 4 heteroatoms. The number of piperidine rings is 2. The minimum Gasteiger partial charge on any atom is -0.508 e. The van der Waals surface area contributed by atoms with Crippen LogP contribution in [0.3, 0.4) is 0 Å². The first-order chi connectivity index (χ1) is 14.3. The average Bonchev–Trinajstić information content (AvgIpc) is 3.22. The maximum Gasteiger partial charge on any atom is 0.135 e. The van der Waals surface area contributed by atoms with Gasteiger partial charge in [0.15, 0.2) is 0 Å². The van der Waals surface area contributed by atoms with Crippen molar-refractivity contribution in [2.24, 2.45) is 0 Å². The van der Waals surface area contributed by atoms with Gasteiger partial charge in [0.05, 0.1) is 6.26 Å². The van der Waals surface area contributed by atoms with Gasteiger partial charge in [0, 0.05) is 29.1 Å². The van der Waals surface area contributed by atoms with Crippen LogP contribution in [0.15, 0.2) is 53.1 Å². The lowest BCUT2D eigenvalue weighted by Gasteiger charge is -2.40. The van der Waals surface area contributed by atoms with E-state index in [-0.39, 0.29) is 0 Å². The molecule has 4 nitrogen and oxygen atoms in total. The van der Waals surface area contributed by atoms with Gasteiger partial charge in [0.1, 0.15) is 11.3 Å². The second-order valence-corrected chi connectivity index (χ2v) is 8.56. The molecule has 1 N–H and O–H groups in total. The summed E-state index contributed by atoms with van der Waals surface area (Å²) in [6, 6.07) is 14.7. The zero-order chi connectivity index (χ0) is 19.6. The van der Waals surface area contributed by atoms with Crippen molar-refractivity contribution in [1.29, 1.82) is 0 Å². The Bertz CT molecular complexity index is 952. The molecule has 1 aromatic heterocycles. The van der Waals surface area contributed by atoms with Gasteiger partial charge in [-0.2, -0.15) is 0 Å². The minimum atomic E-state index is 0.370. The number of benzene rings is 2. The molecule has 3 heterocycles. The molecule has 29 heavy (non-hydrogen) atoms. The highest BCUT2D eigenvalue weighted by atomic mass is 16.3. The number of furan rings is 1. The topological polar surface area (TPSA) is 39.9 Å². The molecule has 2 aromatic carbocycles. The third-order valence-electron chi connectivity index (χ3n) is 6.75. The molecule has 0 bridgehead atoms. The highest BCUT2D eigenvalue weighted by molar-refractivity contribution is 5.97. The van der Waals surface area contributed by atoms with Crippen molar-refractivity contribution in [3.8, 4) is 16.9 Å². The number of aromatic hydroxyl groups is 1. The average molecular weight is 391 g/mol. The summed E-state index contributed by atoms with van der Waals surface area (Å²) in [4.78, 5) is 5.21. The molecule has 152 valence electrons. The summed E-state index contributed by atoms with van der Waals surface area (Å²) in [5, 5.41) is 11.8. The predicted octanol–water partition coefficient (Wildman–Crippen LogP) is 5.26. The minimum absolute atomic E-state index is 0.370. The van der Waals surface area contributed by atoms with Crippen molar-refractivity contribution in [1.82, 2.24) is 9.80 Å². The van der Waals surface area contributed by atoms with E-state index < -0.39 is 0 Å². The van der Waals surface area contributed by atoms with Gasteiger partial charge in [-0.05, 0) is 69.6 Å². The standard InChI is InChI=1S/C25H30N2O2/c28-23-9-10-24-25(22(18-29-24)19-7-3-1-4-8-19)21(23)17-26-15-11-20(12-16-26)27-13-5-2-6-14-27/h1,3-4,7-10,18,20,28H,2,5-6,11-17H2. The van der Waals surface area contributed by atoms with Crippen LogP contribution >= 0.6 is 0 Å². The zero-order valence-electron chi connectivity index (χ0n) is 17.0. The van der Waals surface area contributed by atoms with Crippen LogP contribution in [-0.4, -0.2) is 47.1 Å². The number of rotatable bonds is 4. The third kappa shape index (κ3) is 3.79. The molecule has 0 spiro atoms. The van der Waals surface area contributed by atoms with Crippen LogP contribution in [0, 0.1) is 0 Å². The number of hydrogen-bond donors (Lipinski definition) is 1. The molecule has 0 amide bonds. The number of fused-ring (bicyclic) bond motifs is 1. The molecular weight excluding hydrogens is 360 g/mol. The number of likely N-dealkylation sites (tertiary alicyclic amines) is 2. The van der Waals surface area contributed by atoms with Crippen molar-refractivity contribution in [3.63, 3.8) is 0 Å². The van der Waals surface area contributed by atoms with E-state index in [0.29, 0.717) is 5.75 Å². The molecule has 0 unspecified atom stereocenters. The number of hydrogen-bond acceptors (Lipinski definition) is 4. The summed E-state index contributed by atoms with van der Waals surface area (Å²) < 4.78 is 5.85. The first-order valence-electron chi connectivity index (χ1n) is 11.0. The quantitative estimate of drug-likeness (QED) is 0.660. The Balaban J connectivity index is 1.37. The lowest BCUT2D eigenvalue weighted by atomic mass is 9.97. The summed E-state index contributed by atoms with van der Waals surface area (Å²) in [5.41, 5.74) is 4.03. The van der Waals surface area contributed by atoms with Crippen LogP contribution < -0.4 is 0 Å². The van der Waals surface area contributed by atoms with Gasteiger partial charge in [-0.25, -0.2) is 0 Å². The second-order valence-electron chi connectivity index (χ2n) is 8.56. The SMILES string of the molecule is Oc1ccc2occ(-c3ccccc3)c2c1CN1CCC(N2CCCCC2)CC1. The molecule has 0 radical (unpaired) electrons. The first kappa shape index (κ1) is 18.7. The lowest BCUT2D eigenvalue weighted by Crippen LogP contribution is -2.46. The third-order valence-corrected chi connectivity index (χ3v) is 6.75. The van der Waals surface area contributed by atoms with E-state index in [0.717, 1.165) is 53.3 Å². The van der Waals surface area contributed by atoms with Crippen LogP contribution in [0.2, 0.25) is 0 Å². The van der Waals surface area contributed by atoms with Gasteiger partial charge in [-0.15, -0.1) is 0 Å². The molecule has 2 saturated heterocycles. The van der Waals surface area contributed by atoms with Crippen molar-refractivity contribution in [3.05, 3.63) is 54.3 Å². The highest BCUT2D eigenvalue weighted by Gasteiger charge is 2.26. The second kappa shape index (κ2) is 8.21. The summed E-state index contributed by atoms with van der Waals surface area (Å²) >= 11 is 0. The van der Waals surface area contributed by atoms with Gasteiger partial charge in [-0.3, -0.25) is 4.90 Å². The van der Waals surface area contributed by atoms with Gasteiger partial charge < -0.3 is 14.4 Å². The normalized spacial score (nSPS) is 19.7. The van der Waals surface area contributed by atoms with E-state index >= 15 is 0 Å². The molecule has 0 atom stereocenters. The molecule has 2 aliphatic rings. The first-order valence-corrected chi connectivity index (χ1v) is 11.0. The van der Waals surface area contributed by atoms with Crippen LogP contribution in [-0.2, 0) is 6.54 Å². The van der Waals surface area contributed by atoms with E-state index in [4.69, 9.17) is 4.42 Å². The Labute approximate surface area is 172 Å². The van der Waals surface area contributed by atoms with E-state index in [1.165, 1.54) is 45.2 Å². The molecular formula is C25H30N2O2. The van der Waals surface area contributed by atoms with Gasteiger partial charge in [0.25, 0.3) is 0 Å².